The molecule has 41 heavy (non-hydrogen) atoms. The summed E-state index contributed by atoms with van der Waals surface area (Å²) in [5.74, 6) is 0.0325. The highest BCUT2D eigenvalue weighted by Gasteiger charge is 2.53. The number of rotatable bonds is 5. The lowest BCUT2D eigenvalue weighted by molar-refractivity contribution is -0.139. The summed E-state index contributed by atoms with van der Waals surface area (Å²) in [6.07, 6.45) is 4.70. The summed E-state index contributed by atoms with van der Waals surface area (Å²) < 4.78 is 23.0. The molecule has 7 rings (SSSR count). The standard InChI is InChI=1S/C30H31ClFN7O2/c1-4-23(40)38-13-30(14-38)15-39(16-30)28-19-11-21(31)25(24-17(2)5-6-22-20(24)12-33-36-22)26(32)27(19)34-29(35-28)41-18-7-9-37(3)10-8-18/h4-6,11-12,18H,1,7-10,13-16H2,2-3H3,(H,33,36). The van der Waals surface area contributed by atoms with Gasteiger partial charge in [-0.3, -0.25) is 9.89 Å². The number of aryl methyl sites for hydroxylation is 1. The number of H-pyrrole nitrogens is 1. The lowest BCUT2D eigenvalue weighted by Crippen LogP contribution is -2.73. The maximum absolute atomic E-state index is 16.7. The van der Waals surface area contributed by atoms with E-state index in [0.717, 1.165) is 42.4 Å². The van der Waals surface area contributed by atoms with Gasteiger partial charge in [0.1, 0.15) is 17.4 Å². The van der Waals surface area contributed by atoms with Crippen LogP contribution in [0.15, 0.2) is 37.1 Å². The number of piperidine rings is 1. The molecule has 0 radical (unpaired) electrons. The molecule has 3 fully saturated rings. The van der Waals surface area contributed by atoms with Crippen LogP contribution in [0.2, 0.25) is 5.02 Å². The number of halogens is 2. The zero-order valence-corrected chi connectivity index (χ0v) is 23.8. The molecule has 5 heterocycles. The molecule has 0 saturated carbocycles. The zero-order chi connectivity index (χ0) is 28.5. The maximum atomic E-state index is 16.7. The largest absolute Gasteiger partial charge is 0.460 e. The van der Waals surface area contributed by atoms with Gasteiger partial charge in [0.2, 0.25) is 5.91 Å². The van der Waals surface area contributed by atoms with Crippen molar-refractivity contribution in [3.05, 3.63) is 53.5 Å². The van der Waals surface area contributed by atoms with Crippen molar-refractivity contribution >= 4 is 45.1 Å². The summed E-state index contributed by atoms with van der Waals surface area (Å²) in [4.78, 5) is 27.6. The van der Waals surface area contributed by atoms with Crippen molar-refractivity contribution in [2.45, 2.75) is 25.9 Å². The molecule has 1 spiro atoms. The van der Waals surface area contributed by atoms with Crippen LogP contribution in [0.4, 0.5) is 10.2 Å². The molecule has 0 bridgehead atoms. The molecule has 11 heteroatoms. The number of aromatic nitrogens is 4. The number of nitrogens with one attached hydrogen (secondary N) is 1. The van der Waals surface area contributed by atoms with E-state index in [-0.39, 0.29) is 39.5 Å². The maximum Gasteiger partial charge on any atom is 0.319 e. The lowest BCUT2D eigenvalue weighted by atomic mass is 9.72. The second-order valence-corrected chi connectivity index (χ2v) is 12.1. The van der Waals surface area contributed by atoms with E-state index in [1.165, 1.54) is 6.08 Å². The zero-order valence-electron chi connectivity index (χ0n) is 23.1. The first-order valence-electron chi connectivity index (χ1n) is 13.9. The molecule has 1 N–H and O–H groups in total. The molecule has 2 aromatic carbocycles. The van der Waals surface area contributed by atoms with E-state index in [0.29, 0.717) is 42.9 Å². The number of hydrogen-bond acceptors (Lipinski definition) is 7. The predicted octanol–water partition coefficient (Wildman–Crippen LogP) is 4.58. The Morgan fingerprint density at radius 1 is 1.17 bits per heavy atom. The monoisotopic (exact) mass is 575 g/mol. The minimum Gasteiger partial charge on any atom is -0.460 e. The molecular weight excluding hydrogens is 545 g/mol. The van der Waals surface area contributed by atoms with Gasteiger partial charge >= 0.3 is 6.01 Å². The Hall–Kier alpha value is -3.76. The highest BCUT2D eigenvalue weighted by atomic mass is 35.5. The van der Waals surface area contributed by atoms with E-state index < -0.39 is 5.82 Å². The van der Waals surface area contributed by atoms with Crippen LogP contribution in [0, 0.1) is 18.2 Å². The summed E-state index contributed by atoms with van der Waals surface area (Å²) in [6.45, 7) is 10.1. The SMILES string of the molecule is C=CC(=O)N1CC2(C1)CN(c1nc(OC3CCN(C)CC3)nc3c(F)c(-c4c(C)ccc5[nH]ncc45)c(Cl)cc13)C2. The van der Waals surface area contributed by atoms with Gasteiger partial charge in [0.15, 0.2) is 5.82 Å². The number of aromatic amines is 1. The van der Waals surface area contributed by atoms with Gasteiger partial charge in [0.25, 0.3) is 0 Å². The number of benzene rings is 2. The van der Waals surface area contributed by atoms with Gasteiger partial charge in [0, 0.05) is 66.6 Å². The van der Waals surface area contributed by atoms with E-state index in [1.54, 1.807) is 17.2 Å². The molecule has 1 amide bonds. The second kappa shape index (κ2) is 9.66. The molecular formula is C30H31ClFN7O2. The van der Waals surface area contributed by atoms with Crippen molar-refractivity contribution < 1.29 is 13.9 Å². The molecule has 212 valence electrons. The fraction of sp³-hybridized carbons (Fsp3) is 0.400. The summed E-state index contributed by atoms with van der Waals surface area (Å²) >= 11 is 6.86. The number of carbonyl (C=O) groups excluding carboxylic acids is 1. The summed E-state index contributed by atoms with van der Waals surface area (Å²) in [5, 5.41) is 8.73. The van der Waals surface area contributed by atoms with E-state index in [2.05, 4.69) is 38.6 Å². The number of amides is 1. The summed E-state index contributed by atoms with van der Waals surface area (Å²) in [5.41, 5.74) is 2.83. The van der Waals surface area contributed by atoms with Crippen molar-refractivity contribution in [3.63, 3.8) is 0 Å². The number of ether oxygens (including phenoxy) is 1. The smallest absolute Gasteiger partial charge is 0.319 e. The summed E-state index contributed by atoms with van der Waals surface area (Å²) in [7, 11) is 2.09. The first-order valence-corrected chi connectivity index (χ1v) is 14.3. The highest BCUT2D eigenvalue weighted by Crippen LogP contribution is 2.46. The number of nitrogens with zero attached hydrogens (tertiary/aromatic N) is 6. The molecule has 0 aliphatic carbocycles. The van der Waals surface area contributed by atoms with Crippen LogP contribution in [0.5, 0.6) is 6.01 Å². The van der Waals surface area contributed by atoms with Gasteiger partial charge < -0.3 is 19.4 Å². The van der Waals surface area contributed by atoms with Gasteiger partial charge in [-0.15, -0.1) is 0 Å². The quantitative estimate of drug-likeness (QED) is 0.348. The molecule has 2 aromatic heterocycles. The molecule has 9 nitrogen and oxygen atoms in total. The van der Waals surface area contributed by atoms with Gasteiger partial charge in [-0.25, -0.2) is 4.39 Å². The topological polar surface area (TPSA) is 90.5 Å². The van der Waals surface area contributed by atoms with Crippen LogP contribution in [-0.4, -0.2) is 88.3 Å². The molecule has 4 aromatic rings. The third-order valence-electron chi connectivity index (χ3n) is 8.75. The Morgan fingerprint density at radius 2 is 1.93 bits per heavy atom. The number of anilines is 1. The third-order valence-corrected chi connectivity index (χ3v) is 9.05. The minimum atomic E-state index is -0.511. The minimum absolute atomic E-state index is 0.00123. The molecule has 3 aliphatic rings. The Morgan fingerprint density at radius 3 is 2.66 bits per heavy atom. The van der Waals surface area contributed by atoms with Crippen LogP contribution >= 0.6 is 11.6 Å². The van der Waals surface area contributed by atoms with E-state index in [9.17, 15) is 4.79 Å². The Kier molecular flexibility index (Phi) is 6.17. The van der Waals surface area contributed by atoms with Crippen LogP contribution in [0.3, 0.4) is 0 Å². The van der Waals surface area contributed by atoms with E-state index >= 15 is 4.39 Å². The molecule has 3 saturated heterocycles. The van der Waals surface area contributed by atoms with Crippen LogP contribution < -0.4 is 9.64 Å². The lowest BCUT2D eigenvalue weighted by Gasteiger charge is -2.60. The normalized spacial score (nSPS) is 19.0. The second-order valence-electron chi connectivity index (χ2n) is 11.7. The third kappa shape index (κ3) is 4.31. The predicted molar refractivity (Wildman–Crippen MR) is 157 cm³/mol. The van der Waals surface area contributed by atoms with Crippen LogP contribution in [0.25, 0.3) is 32.9 Å². The Bertz CT molecular complexity index is 1700. The molecule has 0 atom stereocenters. The Balaban J connectivity index is 1.31. The number of fused-ring (bicyclic) bond motifs is 2. The van der Waals surface area contributed by atoms with Crippen molar-refractivity contribution in [1.29, 1.82) is 0 Å². The number of likely N-dealkylation sites (tertiary alicyclic amines) is 2. The first kappa shape index (κ1) is 26.2. The summed E-state index contributed by atoms with van der Waals surface area (Å²) in [6, 6.07) is 5.78. The van der Waals surface area contributed by atoms with E-state index in [4.69, 9.17) is 21.3 Å². The average molecular weight is 576 g/mol. The van der Waals surface area contributed by atoms with Crippen LogP contribution in [0.1, 0.15) is 18.4 Å². The fourth-order valence-corrected chi connectivity index (χ4v) is 6.84. The van der Waals surface area contributed by atoms with Crippen molar-refractivity contribution in [3.8, 4) is 17.1 Å². The molecule has 0 unspecified atom stereocenters. The number of hydrogen-bond donors (Lipinski definition) is 1. The van der Waals surface area contributed by atoms with Crippen LogP contribution in [-0.2, 0) is 4.79 Å². The van der Waals surface area contributed by atoms with Gasteiger partial charge in [-0.05, 0) is 50.6 Å². The fourth-order valence-electron chi connectivity index (χ4n) is 6.55. The van der Waals surface area contributed by atoms with Crippen molar-refractivity contribution in [2.75, 3.05) is 51.2 Å². The highest BCUT2D eigenvalue weighted by molar-refractivity contribution is 6.35. The number of carbonyl (C=O) groups is 1. The van der Waals surface area contributed by atoms with Gasteiger partial charge in [-0.2, -0.15) is 15.1 Å². The van der Waals surface area contributed by atoms with Gasteiger partial charge in [-0.1, -0.05) is 24.2 Å². The average Bonchev–Trinajstić information content (AvgIpc) is 3.39. The van der Waals surface area contributed by atoms with Crippen molar-refractivity contribution in [1.82, 2.24) is 30.0 Å². The first-order chi connectivity index (χ1) is 19.7. The Labute approximate surface area is 241 Å². The van der Waals surface area contributed by atoms with Gasteiger partial charge in [0.05, 0.1) is 16.7 Å². The van der Waals surface area contributed by atoms with Crippen molar-refractivity contribution in [2.24, 2.45) is 5.41 Å². The molecule has 3 aliphatic heterocycles. The van der Waals surface area contributed by atoms with E-state index in [1.807, 2.05) is 19.1 Å².